The van der Waals surface area contributed by atoms with Crippen LogP contribution in [0.5, 0.6) is 0 Å². The Morgan fingerprint density at radius 1 is 1.35 bits per heavy atom. The molecule has 0 saturated heterocycles. The maximum atomic E-state index is 11.5. The first-order valence-corrected chi connectivity index (χ1v) is 6.02. The normalized spacial score (nSPS) is 11.4. The molecule has 0 aliphatic carbocycles. The maximum Gasteiger partial charge on any atom is 0.283 e. The van der Waals surface area contributed by atoms with Gasteiger partial charge in [-0.25, -0.2) is 5.84 Å². The van der Waals surface area contributed by atoms with Gasteiger partial charge in [0.2, 0.25) is 5.91 Å². The van der Waals surface area contributed by atoms with E-state index >= 15 is 0 Å². The van der Waals surface area contributed by atoms with Crippen LogP contribution in [0.1, 0.15) is 6.92 Å². The second-order valence-corrected chi connectivity index (χ2v) is 4.71. The molecule has 17 heavy (non-hydrogen) atoms. The van der Waals surface area contributed by atoms with Gasteiger partial charge >= 0.3 is 0 Å². The van der Waals surface area contributed by atoms with E-state index in [0.717, 1.165) is 6.34 Å². The Morgan fingerprint density at radius 3 is 2.41 bits per heavy atom. The van der Waals surface area contributed by atoms with E-state index in [4.69, 9.17) is 5.84 Å². The minimum atomic E-state index is -3.75. The number of nitrogens with zero attached hydrogens (tertiary/aromatic N) is 1. The van der Waals surface area contributed by atoms with Crippen molar-refractivity contribution in [2.45, 2.75) is 11.8 Å². The second kappa shape index (κ2) is 5.41. The number of amides is 1. The lowest BCUT2D eigenvalue weighted by molar-refractivity contribution is -0.114. The van der Waals surface area contributed by atoms with Crippen LogP contribution in [0.4, 0.5) is 5.69 Å². The van der Waals surface area contributed by atoms with Gasteiger partial charge in [0.15, 0.2) is 0 Å². The molecular formula is C9H12N4O3S. The van der Waals surface area contributed by atoms with Gasteiger partial charge in [0.25, 0.3) is 10.0 Å². The molecule has 1 aromatic carbocycles. The Bertz CT molecular complexity index is 522. The van der Waals surface area contributed by atoms with Crippen LogP contribution in [0.2, 0.25) is 0 Å². The molecule has 0 unspecified atom stereocenters. The fourth-order valence-electron chi connectivity index (χ4n) is 1.07. The predicted octanol–water partition coefficient (Wildman–Crippen LogP) is -0.175. The number of anilines is 1. The summed E-state index contributed by atoms with van der Waals surface area (Å²) in [5, 5.41) is 2.52. The van der Waals surface area contributed by atoms with Crippen LogP contribution < -0.4 is 16.6 Å². The molecule has 92 valence electrons. The molecule has 0 aliphatic heterocycles. The Morgan fingerprint density at radius 2 is 1.94 bits per heavy atom. The van der Waals surface area contributed by atoms with Crippen molar-refractivity contribution in [2.75, 3.05) is 5.32 Å². The van der Waals surface area contributed by atoms with E-state index in [1.54, 1.807) is 0 Å². The highest BCUT2D eigenvalue weighted by molar-refractivity contribution is 7.90. The molecule has 0 aromatic heterocycles. The molecule has 0 aliphatic rings. The first-order chi connectivity index (χ1) is 7.95. The summed E-state index contributed by atoms with van der Waals surface area (Å²) in [6, 6.07) is 5.63. The van der Waals surface area contributed by atoms with Crippen molar-refractivity contribution in [1.29, 1.82) is 0 Å². The van der Waals surface area contributed by atoms with Crippen LogP contribution in [0.15, 0.2) is 33.6 Å². The topological polar surface area (TPSA) is 114 Å². The summed E-state index contributed by atoms with van der Waals surface area (Å²) in [5.74, 6) is 4.65. The number of nitrogens with one attached hydrogen (secondary N) is 2. The van der Waals surface area contributed by atoms with Gasteiger partial charge in [0.1, 0.15) is 6.34 Å². The van der Waals surface area contributed by atoms with Crippen LogP contribution in [-0.2, 0) is 14.8 Å². The molecule has 7 nitrogen and oxygen atoms in total. The lowest BCUT2D eigenvalue weighted by atomic mass is 10.3. The second-order valence-electron chi connectivity index (χ2n) is 3.08. The average molecular weight is 256 g/mol. The zero-order valence-electron chi connectivity index (χ0n) is 9.04. The average Bonchev–Trinajstić information content (AvgIpc) is 2.26. The number of hydrazine groups is 1. The van der Waals surface area contributed by atoms with E-state index in [2.05, 4.69) is 9.71 Å². The van der Waals surface area contributed by atoms with Crippen molar-refractivity contribution in [1.82, 2.24) is 5.43 Å². The maximum absolute atomic E-state index is 11.5. The largest absolute Gasteiger partial charge is 0.326 e. The Balaban J connectivity index is 2.95. The summed E-state index contributed by atoms with van der Waals surface area (Å²) in [6.07, 6.45) is 0.872. The molecule has 0 saturated carbocycles. The minimum Gasteiger partial charge on any atom is -0.326 e. The summed E-state index contributed by atoms with van der Waals surface area (Å²) >= 11 is 0. The molecule has 4 N–H and O–H groups in total. The fraction of sp³-hybridized carbons (Fsp3) is 0.111. The first kappa shape index (κ1) is 13.1. The molecule has 0 spiro atoms. The number of hydrogen-bond acceptors (Lipinski definition) is 4. The van der Waals surface area contributed by atoms with Crippen LogP contribution in [0.25, 0.3) is 0 Å². The van der Waals surface area contributed by atoms with E-state index in [1.165, 1.54) is 31.2 Å². The third-order valence-electron chi connectivity index (χ3n) is 1.74. The van der Waals surface area contributed by atoms with Gasteiger partial charge in [0, 0.05) is 12.6 Å². The molecular weight excluding hydrogens is 244 g/mol. The molecule has 0 bridgehead atoms. The van der Waals surface area contributed by atoms with Crippen molar-refractivity contribution >= 4 is 28.0 Å². The Labute approximate surface area is 98.8 Å². The number of carbonyl (C=O) groups excluding carboxylic acids is 1. The first-order valence-electron chi connectivity index (χ1n) is 4.58. The highest BCUT2D eigenvalue weighted by atomic mass is 32.2. The summed E-state index contributed by atoms with van der Waals surface area (Å²) in [6.45, 7) is 1.36. The third kappa shape index (κ3) is 3.85. The standard InChI is InChI=1S/C9H12N4O3S/c1-7(14)13-8-2-4-9(5-3-8)17(15,16)12-6-11-10/h2-6H,10H2,1H3,(H,11,12)(H,13,14). The van der Waals surface area contributed by atoms with Gasteiger partial charge in [-0.1, -0.05) is 0 Å². The number of carbonyl (C=O) groups is 1. The summed E-state index contributed by atoms with van der Waals surface area (Å²) < 4.78 is 26.3. The summed E-state index contributed by atoms with van der Waals surface area (Å²) in [7, 11) is -3.75. The van der Waals surface area contributed by atoms with Crippen molar-refractivity contribution in [2.24, 2.45) is 10.2 Å². The quantitative estimate of drug-likeness (QED) is 0.299. The number of hydrogen-bond donors (Lipinski definition) is 3. The van der Waals surface area contributed by atoms with Gasteiger partial charge in [0.05, 0.1) is 4.90 Å². The van der Waals surface area contributed by atoms with E-state index in [1.807, 2.05) is 5.43 Å². The molecule has 0 fully saturated rings. The smallest absolute Gasteiger partial charge is 0.283 e. The molecule has 1 amide bonds. The zero-order valence-corrected chi connectivity index (χ0v) is 9.86. The van der Waals surface area contributed by atoms with Crippen LogP contribution in [-0.4, -0.2) is 20.7 Å². The van der Waals surface area contributed by atoms with Crippen molar-refractivity contribution in [3.8, 4) is 0 Å². The van der Waals surface area contributed by atoms with E-state index in [0.29, 0.717) is 5.69 Å². The summed E-state index contributed by atoms with van der Waals surface area (Å²) in [5.41, 5.74) is 2.51. The number of sulfonamides is 1. The predicted molar refractivity (Wildman–Crippen MR) is 63.7 cm³/mol. The fourth-order valence-corrected chi connectivity index (χ4v) is 1.88. The number of rotatable bonds is 4. The van der Waals surface area contributed by atoms with Gasteiger partial charge in [-0.3, -0.25) is 4.79 Å². The van der Waals surface area contributed by atoms with Gasteiger partial charge in [-0.15, -0.1) is 4.40 Å². The highest BCUT2D eigenvalue weighted by Gasteiger charge is 2.11. The Hall–Kier alpha value is -1.93. The SMILES string of the molecule is CC(=O)Nc1ccc(S(=O)(=O)/N=C/NN)cc1. The lowest BCUT2D eigenvalue weighted by Crippen LogP contribution is -2.20. The molecule has 1 aromatic rings. The highest BCUT2D eigenvalue weighted by Crippen LogP contribution is 2.15. The van der Waals surface area contributed by atoms with E-state index < -0.39 is 10.0 Å². The third-order valence-corrected chi connectivity index (χ3v) is 2.99. The lowest BCUT2D eigenvalue weighted by Gasteiger charge is -2.02. The molecule has 0 atom stereocenters. The van der Waals surface area contributed by atoms with Crippen molar-refractivity contribution < 1.29 is 13.2 Å². The molecule has 0 heterocycles. The van der Waals surface area contributed by atoms with Gasteiger partial charge in [-0.05, 0) is 24.3 Å². The monoisotopic (exact) mass is 256 g/mol. The zero-order chi connectivity index (χ0) is 12.9. The van der Waals surface area contributed by atoms with E-state index in [9.17, 15) is 13.2 Å². The van der Waals surface area contributed by atoms with Gasteiger partial charge in [-0.2, -0.15) is 8.42 Å². The minimum absolute atomic E-state index is 0.0121. The Kier molecular flexibility index (Phi) is 4.18. The molecule has 1 rings (SSSR count). The van der Waals surface area contributed by atoms with E-state index in [-0.39, 0.29) is 10.8 Å². The molecule has 0 radical (unpaired) electrons. The van der Waals surface area contributed by atoms with Crippen LogP contribution in [0, 0.1) is 0 Å². The summed E-state index contributed by atoms with van der Waals surface area (Å²) in [4.78, 5) is 10.8. The number of nitrogens with two attached hydrogens (primary N) is 1. The van der Waals surface area contributed by atoms with Crippen molar-refractivity contribution in [3.63, 3.8) is 0 Å². The van der Waals surface area contributed by atoms with Crippen LogP contribution >= 0.6 is 0 Å². The van der Waals surface area contributed by atoms with Crippen LogP contribution in [0.3, 0.4) is 0 Å². The molecule has 8 heteroatoms. The van der Waals surface area contributed by atoms with Gasteiger partial charge < -0.3 is 10.7 Å². The van der Waals surface area contributed by atoms with Crippen molar-refractivity contribution in [3.05, 3.63) is 24.3 Å². The number of benzene rings is 1.